The van der Waals surface area contributed by atoms with Crippen LogP contribution >= 0.6 is 0 Å². The average Bonchev–Trinajstić information content (AvgIpc) is 2.30. The first-order valence-electron chi connectivity index (χ1n) is 5.64. The summed E-state index contributed by atoms with van der Waals surface area (Å²) in [5.74, 6) is -0.364. The SMILES string of the molecule is CC(C)(CN)CNC(=O)Cc1ccc(F)cc1. The summed E-state index contributed by atoms with van der Waals surface area (Å²) in [6.07, 6.45) is 0.265. The Morgan fingerprint density at radius 1 is 1.35 bits per heavy atom. The maximum atomic E-state index is 12.7. The molecule has 1 amide bonds. The first-order chi connectivity index (χ1) is 7.93. The van der Waals surface area contributed by atoms with E-state index >= 15 is 0 Å². The van der Waals surface area contributed by atoms with Crippen LogP contribution in [-0.2, 0) is 11.2 Å². The molecule has 1 rings (SSSR count). The van der Waals surface area contributed by atoms with Crippen LogP contribution in [-0.4, -0.2) is 19.0 Å². The predicted molar refractivity (Wildman–Crippen MR) is 65.9 cm³/mol. The van der Waals surface area contributed by atoms with Crippen molar-refractivity contribution in [3.8, 4) is 0 Å². The number of hydrogen-bond donors (Lipinski definition) is 2. The Hall–Kier alpha value is -1.42. The highest BCUT2D eigenvalue weighted by Gasteiger charge is 2.16. The van der Waals surface area contributed by atoms with Crippen LogP contribution in [0.15, 0.2) is 24.3 Å². The standard InChI is InChI=1S/C13H19FN2O/c1-13(2,8-15)9-16-12(17)7-10-3-5-11(14)6-4-10/h3-6H,7-9,15H2,1-2H3,(H,16,17). The lowest BCUT2D eigenvalue weighted by Gasteiger charge is -2.22. The van der Waals surface area contributed by atoms with Crippen molar-refractivity contribution in [1.29, 1.82) is 0 Å². The van der Waals surface area contributed by atoms with Crippen molar-refractivity contribution in [2.75, 3.05) is 13.1 Å². The number of benzene rings is 1. The van der Waals surface area contributed by atoms with Gasteiger partial charge in [0.15, 0.2) is 0 Å². The Morgan fingerprint density at radius 2 is 1.94 bits per heavy atom. The molecule has 0 bridgehead atoms. The molecule has 0 heterocycles. The van der Waals surface area contributed by atoms with E-state index < -0.39 is 0 Å². The molecule has 3 nitrogen and oxygen atoms in total. The monoisotopic (exact) mass is 238 g/mol. The van der Waals surface area contributed by atoms with E-state index in [-0.39, 0.29) is 23.6 Å². The third-order valence-corrected chi connectivity index (χ3v) is 2.59. The molecule has 3 N–H and O–H groups in total. The highest BCUT2D eigenvalue weighted by molar-refractivity contribution is 5.78. The maximum absolute atomic E-state index is 12.7. The van der Waals surface area contributed by atoms with Crippen molar-refractivity contribution in [2.24, 2.45) is 11.1 Å². The van der Waals surface area contributed by atoms with Crippen molar-refractivity contribution in [2.45, 2.75) is 20.3 Å². The van der Waals surface area contributed by atoms with Gasteiger partial charge in [0.05, 0.1) is 6.42 Å². The Kier molecular flexibility index (Phi) is 4.63. The summed E-state index contributed by atoms with van der Waals surface area (Å²) in [6.45, 7) is 5.05. The molecule has 0 unspecified atom stereocenters. The van der Waals surface area contributed by atoms with Crippen LogP contribution < -0.4 is 11.1 Å². The number of nitrogens with two attached hydrogens (primary N) is 1. The van der Waals surface area contributed by atoms with Gasteiger partial charge in [0.25, 0.3) is 0 Å². The Labute approximate surface area is 101 Å². The van der Waals surface area contributed by atoms with Gasteiger partial charge in [-0.1, -0.05) is 26.0 Å². The third-order valence-electron chi connectivity index (χ3n) is 2.59. The quantitative estimate of drug-likeness (QED) is 0.816. The van der Waals surface area contributed by atoms with Gasteiger partial charge in [0, 0.05) is 6.54 Å². The first kappa shape index (κ1) is 13.6. The van der Waals surface area contributed by atoms with Gasteiger partial charge in [-0.2, -0.15) is 0 Å². The van der Waals surface area contributed by atoms with Gasteiger partial charge < -0.3 is 11.1 Å². The van der Waals surface area contributed by atoms with Crippen LogP contribution in [0, 0.1) is 11.2 Å². The lowest BCUT2D eigenvalue weighted by Crippen LogP contribution is -2.39. The van der Waals surface area contributed by atoms with Crippen molar-refractivity contribution >= 4 is 5.91 Å². The summed E-state index contributed by atoms with van der Waals surface area (Å²) < 4.78 is 12.7. The molecule has 0 radical (unpaired) electrons. The van der Waals surface area contributed by atoms with Gasteiger partial charge in [-0.15, -0.1) is 0 Å². The second kappa shape index (κ2) is 5.77. The summed E-state index contributed by atoms with van der Waals surface area (Å²) in [4.78, 5) is 11.6. The molecular formula is C13H19FN2O. The van der Waals surface area contributed by atoms with Gasteiger partial charge in [-0.3, -0.25) is 4.79 Å². The molecule has 0 spiro atoms. The maximum Gasteiger partial charge on any atom is 0.224 e. The van der Waals surface area contributed by atoms with Crippen molar-refractivity contribution in [3.63, 3.8) is 0 Å². The van der Waals surface area contributed by atoms with Crippen LogP contribution in [0.5, 0.6) is 0 Å². The minimum Gasteiger partial charge on any atom is -0.355 e. The highest BCUT2D eigenvalue weighted by Crippen LogP contribution is 2.10. The summed E-state index contributed by atoms with van der Waals surface area (Å²) >= 11 is 0. The van der Waals surface area contributed by atoms with Crippen LogP contribution in [0.2, 0.25) is 0 Å². The number of carbonyl (C=O) groups is 1. The van der Waals surface area contributed by atoms with Crippen LogP contribution in [0.3, 0.4) is 0 Å². The molecule has 0 saturated heterocycles. The van der Waals surface area contributed by atoms with E-state index in [1.54, 1.807) is 12.1 Å². The second-order valence-corrected chi connectivity index (χ2v) is 4.95. The number of nitrogens with one attached hydrogen (secondary N) is 1. The van der Waals surface area contributed by atoms with Gasteiger partial charge in [0.2, 0.25) is 5.91 Å². The topological polar surface area (TPSA) is 55.1 Å². The second-order valence-electron chi connectivity index (χ2n) is 4.95. The fraction of sp³-hybridized carbons (Fsp3) is 0.462. The van der Waals surface area contributed by atoms with Gasteiger partial charge in [-0.25, -0.2) is 4.39 Å². The number of halogens is 1. The van der Waals surface area contributed by atoms with Gasteiger partial charge >= 0.3 is 0 Å². The van der Waals surface area contributed by atoms with E-state index in [1.807, 2.05) is 13.8 Å². The normalized spacial score (nSPS) is 11.3. The zero-order valence-corrected chi connectivity index (χ0v) is 10.3. The lowest BCUT2D eigenvalue weighted by atomic mass is 9.94. The molecule has 94 valence electrons. The Morgan fingerprint density at radius 3 is 2.47 bits per heavy atom. The smallest absolute Gasteiger partial charge is 0.224 e. The van der Waals surface area contributed by atoms with E-state index in [4.69, 9.17) is 5.73 Å². The highest BCUT2D eigenvalue weighted by atomic mass is 19.1. The van der Waals surface area contributed by atoms with Gasteiger partial charge in [-0.05, 0) is 29.7 Å². The molecule has 0 aliphatic heterocycles. The van der Waals surface area contributed by atoms with E-state index in [9.17, 15) is 9.18 Å². The van der Waals surface area contributed by atoms with E-state index in [1.165, 1.54) is 12.1 Å². The first-order valence-corrected chi connectivity index (χ1v) is 5.64. The van der Waals surface area contributed by atoms with Crippen LogP contribution in [0.1, 0.15) is 19.4 Å². The third kappa shape index (κ3) is 4.95. The average molecular weight is 238 g/mol. The minimum absolute atomic E-state index is 0.0712. The molecule has 0 atom stereocenters. The minimum atomic E-state index is -0.293. The number of rotatable bonds is 5. The van der Waals surface area contributed by atoms with E-state index in [2.05, 4.69) is 5.32 Å². The zero-order chi connectivity index (χ0) is 12.9. The van der Waals surface area contributed by atoms with Gasteiger partial charge in [0.1, 0.15) is 5.82 Å². The Bertz CT molecular complexity index is 374. The fourth-order valence-corrected chi connectivity index (χ4v) is 1.26. The lowest BCUT2D eigenvalue weighted by molar-refractivity contribution is -0.120. The fourth-order valence-electron chi connectivity index (χ4n) is 1.26. The number of amides is 1. The predicted octanol–water partition coefficient (Wildman–Crippen LogP) is 1.47. The number of hydrogen-bond acceptors (Lipinski definition) is 2. The summed E-state index contributed by atoms with van der Waals surface area (Å²) in [5, 5.41) is 2.82. The molecule has 4 heteroatoms. The largest absolute Gasteiger partial charge is 0.355 e. The molecule has 0 aliphatic rings. The van der Waals surface area contributed by atoms with Crippen LogP contribution in [0.4, 0.5) is 4.39 Å². The molecule has 0 saturated carbocycles. The zero-order valence-electron chi connectivity index (χ0n) is 10.3. The molecule has 0 aromatic heterocycles. The summed E-state index contributed by atoms with van der Waals surface area (Å²) in [5.41, 5.74) is 6.27. The van der Waals surface area contributed by atoms with Crippen LogP contribution in [0.25, 0.3) is 0 Å². The molecule has 1 aromatic rings. The Balaban J connectivity index is 2.42. The summed E-state index contributed by atoms with van der Waals surface area (Å²) in [7, 11) is 0. The summed E-state index contributed by atoms with van der Waals surface area (Å²) in [6, 6.07) is 5.94. The molecule has 17 heavy (non-hydrogen) atoms. The van der Waals surface area contributed by atoms with E-state index in [0.29, 0.717) is 13.1 Å². The molecule has 1 aromatic carbocycles. The van der Waals surface area contributed by atoms with Crippen molar-refractivity contribution in [3.05, 3.63) is 35.6 Å². The number of carbonyl (C=O) groups excluding carboxylic acids is 1. The van der Waals surface area contributed by atoms with Crippen molar-refractivity contribution in [1.82, 2.24) is 5.32 Å². The molecule has 0 aliphatic carbocycles. The molecule has 0 fully saturated rings. The molecular weight excluding hydrogens is 219 g/mol. The van der Waals surface area contributed by atoms with E-state index in [0.717, 1.165) is 5.56 Å². The van der Waals surface area contributed by atoms with Crippen molar-refractivity contribution < 1.29 is 9.18 Å².